The average molecular weight is 294 g/mol. The van der Waals surface area contributed by atoms with Crippen molar-refractivity contribution in [3.05, 3.63) is 76.1 Å². The summed E-state index contributed by atoms with van der Waals surface area (Å²) in [6, 6.07) is 18.7. The molecule has 0 radical (unpaired) electrons. The third kappa shape index (κ3) is 3.38. The Kier molecular flexibility index (Phi) is 4.13. The van der Waals surface area contributed by atoms with Crippen LogP contribution in [-0.2, 0) is 6.42 Å². The number of aromatic nitrogens is 1. The fraction of sp³-hybridized carbons (Fsp3) is 0.167. The van der Waals surface area contributed by atoms with Gasteiger partial charge in [-0.25, -0.2) is 4.98 Å². The van der Waals surface area contributed by atoms with Gasteiger partial charge in [-0.1, -0.05) is 60.2 Å². The van der Waals surface area contributed by atoms with Crippen molar-refractivity contribution in [3.63, 3.8) is 0 Å². The third-order valence-corrected chi connectivity index (χ3v) is 4.46. The van der Waals surface area contributed by atoms with Crippen LogP contribution in [0.1, 0.15) is 22.2 Å². The van der Waals surface area contributed by atoms with Gasteiger partial charge in [0, 0.05) is 10.9 Å². The van der Waals surface area contributed by atoms with E-state index >= 15 is 0 Å². The van der Waals surface area contributed by atoms with Crippen molar-refractivity contribution < 1.29 is 0 Å². The second-order valence-corrected chi connectivity index (χ2v) is 6.12. The smallest absolute Gasteiger partial charge is 0.110 e. The summed E-state index contributed by atoms with van der Waals surface area (Å²) in [5.41, 5.74) is 11.0. The van der Waals surface area contributed by atoms with Crippen LogP contribution in [0.15, 0.2) is 60.0 Å². The molecule has 0 aliphatic heterocycles. The molecule has 0 amide bonds. The average Bonchev–Trinajstić information content (AvgIpc) is 2.99. The van der Waals surface area contributed by atoms with Gasteiger partial charge >= 0.3 is 0 Å². The molecule has 1 aromatic heterocycles. The molecule has 0 aliphatic rings. The van der Waals surface area contributed by atoms with Gasteiger partial charge < -0.3 is 5.73 Å². The number of nitrogens with zero attached hydrogens (tertiary/aromatic N) is 1. The predicted molar refractivity (Wildman–Crippen MR) is 89.4 cm³/mol. The van der Waals surface area contributed by atoms with Gasteiger partial charge in [-0.3, -0.25) is 0 Å². The van der Waals surface area contributed by atoms with Crippen molar-refractivity contribution in [2.45, 2.75) is 19.4 Å². The Bertz CT molecular complexity index is 702. The minimum Gasteiger partial charge on any atom is -0.322 e. The Balaban J connectivity index is 1.76. The summed E-state index contributed by atoms with van der Waals surface area (Å²) in [5, 5.41) is 3.08. The number of rotatable bonds is 4. The lowest BCUT2D eigenvalue weighted by molar-refractivity contribution is 0.716. The molecular weight excluding hydrogens is 276 g/mol. The van der Waals surface area contributed by atoms with Gasteiger partial charge in [0.05, 0.1) is 11.7 Å². The largest absolute Gasteiger partial charge is 0.322 e. The van der Waals surface area contributed by atoms with Gasteiger partial charge in [0.15, 0.2) is 0 Å². The minimum atomic E-state index is -0.0448. The van der Waals surface area contributed by atoms with Gasteiger partial charge in [-0.05, 0) is 18.9 Å². The number of hydrogen-bond acceptors (Lipinski definition) is 3. The molecule has 0 spiro atoms. The van der Waals surface area contributed by atoms with Crippen LogP contribution in [0.2, 0.25) is 0 Å². The van der Waals surface area contributed by atoms with Crippen LogP contribution in [0.4, 0.5) is 0 Å². The molecule has 1 heterocycles. The standard InChI is InChI=1S/C18H18N2S/c1-13-7-9-15(10-8-13)17-12-21-18(20-17)16(19)11-14-5-3-2-4-6-14/h2-10,12,16H,11,19H2,1H3. The molecule has 2 aromatic carbocycles. The van der Waals surface area contributed by atoms with Crippen molar-refractivity contribution >= 4 is 11.3 Å². The number of thiazole rings is 1. The maximum atomic E-state index is 6.29. The molecule has 2 nitrogen and oxygen atoms in total. The number of nitrogens with two attached hydrogens (primary N) is 1. The molecule has 1 unspecified atom stereocenters. The monoisotopic (exact) mass is 294 g/mol. The van der Waals surface area contributed by atoms with E-state index < -0.39 is 0 Å². The summed E-state index contributed by atoms with van der Waals surface area (Å²) < 4.78 is 0. The maximum Gasteiger partial charge on any atom is 0.110 e. The van der Waals surface area contributed by atoms with Crippen molar-refractivity contribution in [2.75, 3.05) is 0 Å². The van der Waals surface area contributed by atoms with Gasteiger partial charge in [-0.2, -0.15) is 0 Å². The lowest BCUT2D eigenvalue weighted by Gasteiger charge is -2.08. The highest BCUT2D eigenvalue weighted by atomic mass is 32.1. The van der Waals surface area contributed by atoms with E-state index in [9.17, 15) is 0 Å². The summed E-state index contributed by atoms with van der Waals surface area (Å²) in [7, 11) is 0. The molecule has 3 heteroatoms. The molecule has 0 saturated heterocycles. The van der Waals surface area contributed by atoms with E-state index in [0.29, 0.717) is 0 Å². The van der Waals surface area contributed by atoms with E-state index in [1.165, 1.54) is 11.1 Å². The van der Waals surface area contributed by atoms with Crippen LogP contribution in [0, 0.1) is 6.92 Å². The second-order valence-electron chi connectivity index (χ2n) is 5.23. The summed E-state index contributed by atoms with van der Waals surface area (Å²) in [5.74, 6) is 0. The van der Waals surface area contributed by atoms with Gasteiger partial charge in [0.1, 0.15) is 5.01 Å². The number of hydrogen-bond donors (Lipinski definition) is 1. The Morgan fingerprint density at radius 2 is 1.76 bits per heavy atom. The Morgan fingerprint density at radius 3 is 2.48 bits per heavy atom. The summed E-state index contributed by atoms with van der Waals surface area (Å²) in [6.07, 6.45) is 0.821. The van der Waals surface area contributed by atoms with Crippen LogP contribution >= 0.6 is 11.3 Å². The molecule has 106 valence electrons. The fourth-order valence-electron chi connectivity index (χ4n) is 2.27. The van der Waals surface area contributed by atoms with E-state index in [1.54, 1.807) is 11.3 Å². The summed E-state index contributed by atoms with van der Waals surface area (Å²) >= 11 is 1.64. The summed E-state index contributed by atoms with van der Waals surface area (Å²) in [6.45, 7) is 2.09. The topological polar surface area (TPSA) is 38.9 Å². The Hall–Kier alpha value is -1.97. The molecule has 0 fully saturated rings. The second kappa shape index (κ2) is 6.20. The van der Waals surface area contributed by atoms with E-state index in [4.69, 9.17) is 10.7 Å². The molecule has 1 atom stereocenters. The third-order valence-electron chi connectivity index (χ3n) is 3.48. The lowest BCUT2D eigenvalue weighted by atomic mass is 10.1. The first-order chi connectivity index (χ1) is 10.2. The molecule has 0 saturated carbocycles. The predicted octanol–water partition coefficient (Wildman–Crippen LogP) is 4.36. The fourth-order valence-corrected chi connectivity index (χ4v) is 3.10. The highest BCUT2D eigenvalue weighted by Crippen LogP contribution is 2.26. The SMILES string of the molecule is Cc1ccc(-c2csc(C(N)Cc3ccccc3)n2)cc1. The van der Waals surface area contributed by atoms with Crippen LogP contribution in [0.3, 0.4) is 0 Å². The quantitative estimate of drug-likeness (QED) is 0.776. The van der Waals surface area contributed by atoms with E-state index in [-0.39, 0.29) is 6.04 Å². The molecule has 0 aliphatic carbocycles. The first kappa shape index (κ1) is 14.0. The molecular formula is C18H18N2S. The molecule has 21 heavy (non-hydrogen) atoms. The van der Waals surface area contributed by atoms with Gasteiger partial charge in [0.2, 0.25) is 0 Å². The van der Waals surface area contributed by atoms with Crippen LogP contribution in [-0.4, -0.2) is 4.98 Å². The number of aryl methyl sites for hydroxylation is 1. The first-order valence-corrected chi connectivity index (χ1v) is 7.92. The van der Waals surface area contributed by atoms with Crippen molar-refractivity contribution in [2.24, 2.45) is 5.73 Å². The van der Waals surface area contributed by atoms with Crippen LogP contribution < -0.4 is 5.73 Å². The zero-order valence-corrected chi connectivity index (χ0v) is 12.8. The Morgan fingerprint density at radius 1 is 1.05 bits per heavy atom. The highest BCUT2D eigenvalue weighted by molar-refractivity contribution is 7.10. The van der Waals surface area contributed by atoms with Crippen LogP contribution in [0.5, 0.6) is 0 Å². The van der Waals surface area contributed by atoms with Crippen molar-refractivity contribution in [1.82, 2.24) is 4.98 Å². The summed E-state index contributed by atoms with van der Waals surface area (Å²) in [4.78, 5) is 4.70. The maximum absolute atomic E-state index is 6.29. The lowest BCUT2D eigenvalue weighted by Crippen LogP contribution is -2.12. The van der Waals surface area contributed by atoms with Gasteiger partial charge in [0.25, 0.3) is 0 Å². The van der Waals surface area contributed by atoms with E-state index in [1.807, 2.05) is 18.2 Å². The van der Waals surface area contributed by atoms with E-state index in [0.717, 1.165) is 22.7 Å². The molecule has 2 N–H and O–H groups in total. The first-order valence-electron chi connectivity index (χ1n) is 7.04. The normalized spacial score (nSPS) is 12.3. The zero-order chi connectivity index (χ0) is 14.7. The van der Waals surface area contributed by atoms with E-state index in [2.05, 4.69) is 48.7 Å². The minimum absolute atomic E-state index is 0.0448. The molecule has 0 bridgehead atoms. The highest BCUT2D eigenvalue weighted by Gasteiger charge is 2.12. The van der Waals surface area contributed by atoms with Crippen LogP contribution in [0.25, 0.3) is 11.3 Å². The number of benzene rings is 2. The van der Waals surface area contributed by atoms with Gasteiger partial charge in [-0.15, -0.1) is 11.3 Å². The molecule has 3 rings (SSSR count). The molecule has 3 aromatic rings. The van der Waals surface area contributed by atoms with Crippen molar-refractivity contribution in [3.8, 4) is 11.3 Å². The van der Waals surface area contributed by atoms with Crippen molar-refractivity contribution in [1.29, 1.82) is 0 Å². The Labute approximate surface area is 129 Å². The zero-order valence-electron chi connectivity index (χ0n) is 12.0.